The van der Waals surface area contributed by atoms with Crippen LogP contribution in [0.5, 0.6) is 0 Å². The SMILES string of the molecule is CCCCN(C)c1cc(C(=O)N2CCN(C(C)=O)CC2)nc(C)n1. The molecule has 2 heterocycles. The number of anilines is 1. The molecule has 24 heavy (non-hydrogen) atoms. The van der Waals surface area contributed by atoms with Gasteiger partial charge in [-0.3, -0.25) is 9.59 Å². The van der Waals surface area contributed by atoms with Crippen molar-refractivity contribution in [2.24, 2.45) is 0 Å². The molecule has 2 amide bonds. The number of hydrogen-bond acceptors (Lipinski definition) is 5. The molecular formula is C17H27N5O2. The third-order valence-electron chi connectivity index (χ3n) is 4.29. The standard InChI is InChI=1S/C17H27N5O2/c1-5-6-7-20(4)16-12-15(18-13(2)19-16)17(24)22-10-8-21(9-11-22)14(3)23/h12H,5-11H2,1-4H3. The number of unbranched alkanes of at least 4 members (excludes halogenated alkanes) is 1. The zero-order valence-electron chi connectivity index (χ0n) is 15.1. The summed E-state index contributed by atoms with van der Waals surface area (Å²) in [6.07, 6.45) is 2.19. The Balaban J connectivity index is 2.09. The molecule has 0 spiro atoms. The smallest absolute Gasteiger partial charge is 0.272 e. The highest BCUT2D eigenvalue weighted by Gasteiger charge is 2.24. The number of rotatable bonds is 5. The second-order valence-electron chi connectivity index (χ2n) is 6.23. The molecule has 0 aromatic carbocycles. The van der Waals surface area contributed by atoms with Crippen molar-refractivity contribution in [2.45, 2.75) is 33.6 Å². The van der Waals surface area contributed by atoms with Gasteiger partial charge in [0.15, 0.2) is 0 Å². The van der Waals surface area contributed by atoms with Crippen LogP contribution in [0.1, 0.15) is 43.0 Å². The highest BCUT2D eigenvalue weighted by molar-refractivity contribution is 5.93. The van der Waals surface area contributed by atoms with Gasteiger partial charge in [0.25, 0.3) is 5.91 Å². The largest absolute Gasteiger partial charge is 0.360 e. The van der Waals surface area contributed by atoms with Crippen LogP contribution >= 0.6 is 0 Å². The van der Waals surface area contributed by atoms with Crippen molar-refractivity contribution >= 4 is 17.6 Å². The summed E-state index contributed by atoms with van der Waals surface area (Å²) in [6, 6.07) is 1.77. The van der Waals surface area contributed by atoms with Crippen molar-refractivity contribution in [3.8, 4) is 0 Å². The molecule has 0 aliphatic carbocycles. The van der Waals surface area contributed by atoms with Gasteiger partial charge in [0.05, 0.1) is 0 Å². The van der Waals surface area contributed by atoms with Gasteiger partial charge in [-0.2, -0.15) is 0 Å². The fourth-order valence-electron chi connectivity index (χ4n) is 2.75. The van der Waals surface area contributed by atoms with E-state index in [0.29, 0.717) is 37.7 Å². The van der Waals surface area contributed by atoms with Gasteiger partial charge in [0.2, 0.25) is 5.91 Å². The van der Waals surface area contributed by atoms with Crippen LogP contribution in [0.2, 0.25) is 0 Å². The Labute approximate surface area is 143 Å². The van der Waals surface area contributed by atoms with E-state index < -0.39 is 0 Å². The fourth-order valence-corrected chi connectivity index (χ4v) is 2.75. The number of carbonyl (C=O) groups is 2. The number of carbonyl (C=O) groups excluding carboxylic acids is 2. The second-order valence-corrected chi connectivity index (χ2v) is 6.23. The number of amides is 2. The quantitative estimate of drug-likeness (QED) is 0.813. The molecule has 1 aromatic heterocycles. The molecular weight excluding hydrogens is 306 g/mol. The molecule has 1 saturated heterocycles. The van der Waals surface area contributed by atoms with Gasteiger partial charge in [-0.1, -0.05) is 13.3 Å². The number of aryl methyl sites for hydroxylation is 1. The van der Waals surface area contributed by atoms with Crippen molar-refractivity contribution < 1.29 is 9.59 Å². The molecule has 2 rings (SSSR count). The van der Waals surface area contributed by atoms with E-state index in [1.807, 2.05) is 14.0 Å². The predicted molar refractivity (Wildman–Crippen MR) is 93.1 cm³/mol. The average molecular weight is 333 g/mol. The van der Waals surface area contributed by atoms with Gasteiger partial charge >= 0.3 is 0 Å². The first kappa shape index (κ1) is 18.2. The second kappa shape index (κ2) is 8.08. The van der Waals surface area contributed by atoms with Crippen LogP contribution in [-0.2, 0) is 4.79 Å². The van der Waals surface area contributed by atoms with E-state index in [4.69, 9.17) is 0 Å². The zero-order chi connectivity index (χ0) is 17.7. The van der Waals surface area contributed by atoms with E-state index in [1.54, 1.807) is 22.8 Å². The summed E-state index contributed by atoms with van der Waals surface area (Å²) >= 11 is 0. The van der Waals surface area contributed by atoms with Crippen molar-refractivity contribution in [1.29, 1.82) is 0 Å². The Kier molecular flexibility index (Phi) is 6.11. The van der Waals surface area contributed by atoms with Gasteiger partial charge in [0.1, 0.15) is 17.3 Å². The lowest BCUT2D eigenvalue weighted by Gasteiger charge is -2.34. The van der Waals surface area contributed by atoms with Crippen molar-refractivity contribution in [1.82, 2.24) is 19.8 Å². The minimum absolute atomic E-state index is 0.0554. The van der Waals surface area contributed by atoms with Crippen LogP contribution in [0.25, 0.3) is 0 Å². The van der Waals surface area contributed by atoms with E-state index in [1.165, 1.54) is 0 Å². The highest BCUT2D eigenvalue weighted by atomic mass is 16.2. The Morgan fingerprint density at radius 3 is 2.38 bits per heavy atom. The molecule has 1 aromatic rings. The molecule has 0 bridgehead atoms. The Morgan fingerprint density at radius 1 is 1.17 bits per heavy atom. The minimum Gasteiger partial charge on any atom is -0.360 e. The zero-order valence-corrected chi connectivity index (χ0v) is 15.1. The van der Waals surface area contributed by atoms with Crippen LogP contribution in [-0.4, -0.2) is 71.4 Å². The third kappa shape index (κ3) is 4.43. The van der Waals surface area contributed by atoms with Gasteiger partial charge < -0.3 is 14.7 Å². The summed E-state index contributed by atoms with van der Waals surface area (Å²) < 4.78 is 0. The lowest BCUT2D eigenvalue weighted by atomic mass is 10.2. The predicted octanol–water partition coefficient (Wildman–Crippen LogP) is 1.33. The molecule has 1 aliphatic rings. The van der Waals surface area contributed by atoms with Crippen molar-refractivity contribution in [3.05, 3.63) is 17.6 Å². The van der Waals surface area contributed by atoms with Crippen molar-refractivity contribution in [3.63, 3.8) is 0 Å². The fraction of sp³-hybridized carbons (Fsp3) is 0.647. The Bertz CT molecular complexity index is 597. The number of nitrogens with zero attached hydrogens (tertiary/aromatic N) is 5. The van der Waals surface area contributed by atoms with Gasteiger partial charge in [-0.15, -0.1) is 0 Å². The number of piperazine rings is 1. The van der Waals surface area contributed by atoms with E-state index >= 15 is 0 Å². The highest BCUT2D eigenvalue weighted by Crippen LogP contribution is 2.15. The van der Waals surface area contributed by atoms with Crippen LogP contribution in [0.15, 0.2) is 6.07 Å². The first-order valence-electron chi connectivity index (χ1n) is 8.54. The topological polar surface area (TPSA) is 69.6 Å². The van der Waals surface area contributed by atoms with Gasteiger partial charge in [-0.05, 0) is 13.3 Å². The van der Waals surface area contributed by atoms with Crippen LogP contribution < -0.4 is 4.90 Å². The molecule has 0 radical (unpaired) electrons. The molecule has 0 saturated carbocycles. The molecule has 7 nitrogen and oxygen atoms in total. The van der Waals surface area contributed by atoms with Crippen LogP contribution in [0, 0.1) is 6.92 Å². The molecule has 0 unspecified atom stereocenters. The maximum atomic E-state index is 12.7. The molecule has 0 atom stereocenters. The maximum Gasteiger partial charge on any atom is 0.272 e. The first-order chi connectivity index (χ1) is 11.4. The number of aromatic nitrogens is 2. The lowest BCUT2D eigenvalue weighted by Crippen LogP contribution is -2.50. The molecule has 0 N–H and O–H groups in total. The molecule has 1 aliphatic heterocycles. The summed E-state index contributed by atoms with van der Waals surface area (Å²) in [6.45, 7) is 8.66. The molecule has 132 valence electrons. The monoisotopic (exact) mass is 333 g/mol. The summed E-state index contributed by atoms with van der Waals surface area (Å²) in [5.41, 5.74) is 0.428. The summed E-state index contributed by atoms with van der Waals surface area (Å²) in [4.78, 5) is 38.5. The molecule has 7 heteroatoms. The number of hydrogen-bond donors (Lipinski definition) is 0. The first-order valence-corrected chi connectivity index (χ1v) is 8.54. The lowest BCUT2D eigenvalue weighted by molar-refractivity contribution is -0.130. The maximum absolute atomic E-state index is 12.7. The van der Waals surface area contributed by atoms with E-state index in [-0.39, 0.29) is 11.8 Å². The van der Waals surface area contributed by atoms with Gasteiger partial charge in [0, 0.05) is 52.8 Å². The average Bonchev–Trinajstić information content (AvgIpc) is 2.58. The summed E-state index contributed by atoms with van der Waals surface area (Å²) in [7, 11) is 1.98. The molecule has 1 fully saturated rings. The normalized spacial score (nSPS) is 14.7. The van der Waals surface area contributed by atoms with Crippen molar-refractivity contribution in [2.75, 3.05) is 44.7 Å². The van der Waals surface area contributed by atoms with Crippen LogP contribution in [0.3, 0.4) is 0 Å². The van der Waals surface area contributed by atoms with Gasteiger partial charge in [-0.25, -0.2) is 9.97 Å². The Morgan fingerprint density at radius 2 is 1.79 bits per heavy atom. The minimum atomic E-state index is -0.0890. The summed E-state index contributed by atoms with van der Waals surface area (Å²) in [5.74, 6) is 1.34. The van der Waals surface area contributed by atoms with E-state index in [2.05, 4.69) is 21.8 Å². The summed E-state index contributed by atoms with van der Waals surface area (Å²) in [5, 5.41) is 0. The van der Waals surface area contributed by atoms with E-state index in [0.717, 1.165) is 25.2 Å². The Hall–Kier alpha value is -2.18. The van der Waals surface area contributed by atoms with Crippen LogP contribution in [0.4, 0.5) is 5.82 Å². The third-order valence-corrected chi connectivity index (χ3v) is 4.29. The van der Waals surface area contributed by atoms with E-state index in [9.17, 15) is 9.59 Å².